The maximum Gasteiger partial charge on any atom is 0.326 e. The zero-order valence-corrected chi connectivity index (χ0v) is 16.7. The molecular formula is C16H28N4O7S. The largest absolute Gasteiger partial charge is 0.481 e. The van der Waals surface area contributed by atoms with E-state index in [4.69, 9.17) is 15.9 Å². The highest BCUT2D eigenvalue weighted by molar-refractivity contribution is 7.80. The summed E-state index contributed by atoms with van der Waals surface area (Å²) in [5.74, 6) is -4.50. The van der Waals surface area contributed by atoms with Crippen molar-refractivity contribution in [1.29, 1.82) is 0 Å². The third-order valence-corrected chi connectivity index (χ3v) is 3.97. The van der Waals surface area contributed by atoms with E-state index in [0.717, 1.165) is 0 Å². The van der Waals surface area contributed by atoms with Crippen LogP contribution in [0.3, 0.4) is 0 Å². The molecule has 0 rings (SSSR count). The predicted octanol–water partition coefficient (Wildman–Crippen LogP) is -1.68. The highest BCUT2D eigenvalue weighted by Crippen LogP contribution is 2.05. The summed E-state index contributed by atoms with van der Waals surface area (Å²) >= 11 is 3.87. The van der Waals surface area contributed by atoms with Crippen LogP contribution in [0.15, 0.2) is 0 Å². The van der Waals surface area contributed by atoms with Gasteiger partial charge < -0.3 is 31.9 Å². The summed E-state index contributed by atoms with van der Waals surface area (Å²) in [4.78, 5) is 57.9. The van der Waals surface area contributed by atoms with Crippen molar-refractivity contribution in [2.24, 2.45) is 11.7 Å². The molecule has 11 nitrogen and oxygen atoms in total. The van der Waals surface area contributed by atoms with E-state index >= 15 is 0 Å². The van der Waals surface area contributed by atoms with E-state index in [1.807, 2.05) is 0 Å². The van der Waals surface area contributed by atoms with Gasteiger partial charge in [0.05, 0.1) is 12.6 Å². The first-order valence-electron chi connectivity index (χ1n) is 8.66. The van der Waals surface area contributed by atoms with E-state index in [0.29, 0.717) is 0 Å². The number of thiol groups is 1. The second-order valence-corrected chi connectivity index (χ2v) is 6.95. The summed E-state index contributed by atoms with van der Waals surface area (Å²) < 4.78 is 0. The number of aliphatic carboxylic acids is 2. The Morgan fingerprint density at radius 3 is 2.07 bits per heavy atom. The second kappa shape index (κ2) is 12.9. The Kier molecular flexibility index (Phi) is 11.9. The molecule has 0 aliphatic heterocycles. The van der Waals surface area contributed by atoms with Gasteiger partial charge >= 0.3 is 11.9 Å². The van der Waals surface area contributed by atoms with E-state index in [1.54, 1.807) is 13.8 Å². The van der Waals surface area contributed by atoms with E-state index in [-0.39, 0.29) is 24.5 Å². The van der Waals surface area contributed by atoms with E-state index in [2.05, 4.69) is 28.6 Å². The fourth-order valence-corrected chi connectivity index (χ4v) is 2.29. The number of carbonyl (C=O) groups is 5. The molecule has 12 heteroatoms. The molecule has 0 fully saturated rings. The zero-order chi connectivity index (χ0) is 21.9. The van der Waals surface area contributed by atoms with Crippen molar-refractivity contribution in [3.8, 4) is 0 Å². The third kappa shape index (κ3) is 10.7. The number of carbonyl (C=O) groups excluding carboxylic acids is 3. The number of carboxylic acids is 2. The SMILES string of the molecule is CC(C)C[C@H](NC(=O)CNC(=O)[C@H](CCC(=O)O)NC(=O)[C@@H](N)CS)C(=O)O. The Morgan fingerprint density at radius 2 is 1.61 bits per heavy atom. The minimum Gasteiger partial charge on any atom is -0.481 e. The van der Waals surface area contributed by atoms with Gasteiger partial charge in [0, 0.05) is 12.2 Å². The van der Waals surface area contributed by atoms with Crippen molar-refractivity contribution >= 4 is 42.3 Å². The standard InChI is InChI=1S/C16H28N4O7S/c1-8(2)5-11(16(26)27)19-12(21)6-18-15(25)10(3-4-13(22)23)20-14(24)9(17)7-28/h8-11,28H,3-7,17H2,1-2H3,(H,18,25)(H,19,21)(H,20,24)(H,22,23)(H,26,27)/t9-,10-,11-/m0/s1. The first-order valence-corrected chi connectivity index (χ1v) is 9.29. The summed E-state index contributed by atoms with van der Waals surface area (Å²) in [7, 11) is 0. The predicted molar refractivity (Wildman–Crippen MR) is 103 cm³/mol. The van der Waals surface area contributed by atoms with Gasteiger partial charge in [0.15, 0.2) is 0 Å². The number of nitrogens with two attached hydrogens (primary N) is 1. The lowest BCUT2D eigenvalue weighted by Gasteiger charge is -2.20. The number of nitrogens with one attached hydrogen (secondary N) is 3. The van der Waals surface area contributed by atoms with Crippen molar-refractivity contribution < 1.29 is 34.2 Å². The van der Waals surface area contributed by atoms with E-state index < -0.39 is 60.8 Å². The molecule has 0 aromatic rings. The van der Waals surface area contributed by atoms with Crippen LogP contribution in [0.5, 0.6) is 0 Å². The molecule has 0 aromatic heterocycles. The van der Waals surface area contributed by atoms with Crippen molar-refractivity contribution in [2.75, 3.05) is 12.3 Å². The maximum absolute atomic E-state index is 12.2. The number of amides is 3. The van der Waals surface area contributed by atoms with Crippen molar-refractivity contribution in [2.45, 2.75) is 51.2 Å². The van der Waals surface area contributed by atoms with E-state index in [1.165, 1.54) is 0 Å². The average molecular weight is 420 g/mol. The monoisotopic (exact) mass is 420 g/mol. The lowest BCUT2D eigenvalue weighted by Crippen LogP contribution is -2.54. The fraction of sp³-hybridized carbons (Fsp3) is 0.688. The minimum atomic E-state index is -1.21. The molecule has 3 atom stereocenters. The van der Waals surface area contributed by atoms with Crippen molar-refractivity contribution in [3.63, 3.8) is 0 Å². The molecule has 160 valence electrons. The van der Waals surface area contributed by atoms with Crippen LogP contribution in [0, 0.1) is 5.92 Å². The minimum absolute atomic E-state index is 0.0218. The van der Waals surface area contributed by atoms with Crippen LogP contribution in [0.1, 0.15) is 33.1 Å². The average Bonchev–Trinajstić information content (AvgIpc) is 2.60. The van der Waals surface area contributed by atoms with E-state index in [9.17, 15) is 24.0 Å². The van der Waals surface area contributed by atoms with Crippen LogP contribution in [0.4, 0.5) is 0 Å². The molecule has 0 aliphatic rings. The van der Waals surface area contributed by atoms with Gasteiger partial charge in [-0.05, 0) is 18.8 Å². The molecule has 0 bridgehead atoms. The second-order valence-electron chi connectivity index (χ2n) is 6.59. The van der Waals surface area contributed by atoms with Crippen molar-refractivity contribution in [3.05, 3.63) is 0 Å². The lowest BCUT2D eigenvalue weighted by atomic mass is 10.0. The first-order chi connectivity index (χ1) is 13.0. The topological polar surface area (TPSA) is 188 Å². The Balaban J connectivity index is 4.82. The van der Waals surface area contributed by atoms with Gasteiger partial charge in [0.25, 0.3) is 0 Å². The molecule has 7 N–H and O–H groups in total. The molecule has 3 amide bonds. The quantitative estimate of drug-likeness (QED) is 0.172. The third-order valence-electron chi connectivity index (χ3n) is 3.58. The lowest BCUT2D eigenvalue weighted by molar-refractivity contribution is -0.142. The Morgan fingerprint density at radius 1 is 1.00 bits per heavy atom. The molecule has 28 heavy (non-hydrogen) atoms. The van der Waals surface area contributed by atoms with Gasteiger partial charge in [-0.3, -0.25) is 19.2 Å². The Labute approximate surface area is 168 Å². The molecular weight excluding hydrogens is 392 g/mol. The molecule has 0 radical (unpaired) electrons. The smallest absolute Gasteiger partial charge is 0.326 e. The highest BCUT2D eigenvalue weighted by atomic mass is 32.1. The first kappa shape index (κ1) is 25.7. The zero-order valence-electron chi connectivity index (χ0n) is 15.8. The summed E-state index contributed by atoms with van der Waals surface area (Å²) in [6, 6.07) is -3.30. The van der Waals surface area contributed by atoms with Crippen LogP contribution >= 0.6 is 12.6 Å². The maximum atomic E-state index is 12.2. The fourth-order valence-electron chi connectivity index (χ4n) is 2.13. The molecule has 0 aliphatic carbocycles. The Bertz CT molecular complexity index is 585. The molecule has 0 saturated carbocycles. The van der Waals surface area contributed by atoms with Crippen LogP contribution in [-0.4, -0.2) is 70.3 Å². The summed E-state index contributed by atoms with van der Waals surface area (Å²) in [6.07, 6.45) is -0.386. The Hall–Kier alpha value is -2.34. The highest BCUT2D eigenvalue weighted by Gasteiger charge is 2.25. The number of carboxylic acid groups (broad SMARTS) is 2. The van der Waals surface area contributed by atoms with Crippen LogP contribution in [0.2, 0.25) is 0 Å². The van der Waals surface area contributed by atoms with Gasteiger partial charge in [-0.1, -0.05) is 13.8 Å². The van der Waals surface area contributed by atoms with Gasteiger partial charge in [0.1, 0.15) is 12.1 Å². The number of rotatable bonds is 13. The molecule has 0 heterocycles. The number of hydrogen-bond donors (Lipinski definition) is 7. The van der Waals surface area contributed by atoms with Gasteiger partial charge in [-0.25, -0.2) is 4.79 Å². The van der Waals surface area contributed by atoms with Crippen molar-refractivity contribution in [1.82, 2.24) is 16.0 Å². The number of hydrogen-bond acceptors (Lipinski definition) is 7. The van der Waals surface area contributed by atoms with Crippen LogP contribution in [-0.2, 0) is 24.0 Å². The summed E-state index contributed by atoms with van der Waals surface area (Å²) in [6.45, 7) is 3.07. The normalized spacial score (nSPS) is 13.9. The van der Waals surface area contributed by atoms with Gasteiger partial charge in [-0.2, -0.15) is 12.6 Å². The molecule has 0 spiro atoms. The van der Waals surface area contributed by atoms with Crippen LogP contribution in [0.25, 0.3) is 0 Å². The molecule has 0 aromatic carbocycles. The van der Waals surface area contributed by atoms with Gasteiger partial charge in [-0.15, -0.1) is 0 Å². The summed E-state index contributed by atoms with van der Waals surface area (Å²) in [5.41, 5.74) is 5.51. The summed E-state index contributed by atoms with van der Waals surface area (Å²) in [5, 5.41) is 24.8. The molecule has 0 saturated heterocycles. The van der Waals surface area contributed by atoms with Gasteiger partial charge in [0.2, 0.25) is 17.7 Å². The molecule has 0 unspecified atom stereocenters. The van der Waals surface area contributed by atoms with Crippen LogP contribution < -0.4 is 21.7 Å².